The van der Waals surface area contributed by atoms with Crippen LogP contribution in [0.2, 0.25) is 0 Å². The SMILES string of the molecule is Nc1cccc2c1CCCN2CCCO. The van der Waals surface area contributed by atoms with E-state index in [1.165, 1.54) is 11.3 Å². The van der Waals surface area contributed by atoms with Crippen LogP contribution in [0.15, 0.2) is 18.2 Å². The van der Waals surface area contributed by atoms with Gasteiger partial charge in [-0.15, -0.1) is 0 Å². The zero-order valence-electron chi connectivity index (χ0n) is 8.95. The number of rotatable bonds is 3. The summed E-state index contributed by atoms with van der Waals surface area (Å²) in [6.45, 7) is 2.26. The number of nitrogen functional groups attached to an aromatic ring is 1. The third kappa shape index (κ3) is 2.07. The van der Waals surface area contributed by atoms with Crippen LogP contribution in [0.5, 0.6) is 0 Å². The molecule has 0 saturated heterocycles. The smallest absolute Gasteiger partial charge is 0.0447 e. The highest BCUT2D eigenvalue weighted by Crippen LogP contribution is 2.30. The van der Waals surface area contributed by atoms with Crippen LogP contribution in [-0.2, 0) is 6.42 Å². The van der Waals surface area contributed by atoms with Crippen molar-refractivity contribution in [3.8, 4) is 0 Å². The Labute approximate surface area is 90.5 Å². The number of anilines is 2. The Morgan fingerprint density at radius 3 is 3.07 bits per heavy atom. The molecule has 1 aliphatic rings. The Bertz CT molecular complexity index is 338. The van der Waals surface area contributed by atoms with Gasteiger partial charge in [-0.25, -0.2) is 0 Å². The Hall–Kier alpha value is -1.22. The van der Waals surface area contributed by atoms with Gasteiger partial charge in [-0.1, -0.05) is 6.07 Å². The first-order valence-electron chi connectivity index (χ1n) is 5.56. The molecule has 1 heterocycles. The number of aliphatic hydroxyl groups is 1. The minimum atomic E-state index is 0.258. The van der Waals surface area contributed by atoms with Crippen molar-refractivity contribution in [3.05, 3.63) is 23.8 Å². The summed E-state index contributed by atoms with van der Waals surface area (Å²) in [6, 6.07) is 6.10. The maximum absolute atomic E-state index is 8.85. The van der Waals surface area contributed by atoms with Crippen LogP contribution in [0.25, 0.3) is 0 Å². The van der Waals surface area contributed by atoms with Crippen molar-refractivity contribution in [2.45, 2.75) is 19.3 Å². The average Bonchev–Trinajstić information content (AvgIpc) is 2.27. The Morgan fingerprint density at radius 1 is 1.40 bits per heavy atom. The van der Waals surface area contributed by atoms with Crippen LogP contribution in [0.4, 0.5) is 11.4 Å². The van der Waals surface area contributed by atoms with Crippen molar-refractivity contribution in [3.63, 3.8) is 0 Å². The number of nitrogens with zero attached hydrogens (tertiary/aromatic N) is 1. The van der Waals surface area contributed by atoms with Crippen molar-refractivity contribution < 1.29 is 5.11 Å². The van der Waals surface area contributed by atoms with Crippen LogP contribution in [-0.4, -0.2) is 24.8 Å². The lowest BCUT2D eigenvalue weighted by molar-refractivity contribution is 0.289. The predicted molar refractivity (Wildman–Crippen MR) is 63.1 cm³/mol. The van der Waals surface area contributed by atoms with Gasteiger partial charge in [-0.05, 0) is 37.0 Å². The van der Waals surface area contributed by atoms with Crippen molar-refractivity contribution in [1.82, 2.24) is 0 Å². The van der Waals surface area contributed by atoms with Gasteiger partial charge in [0, 0.05) is 31.1 Å². The van der Waals surface area contributed by atoms with E-state index >= 15 is 0 Å². The molecule has 82 valence electrons. The molecule has 1 aromatic rings. The quantitative estimate of drug-likeness (QED) is 0.735. The van der Waals surface area contributed by atoms with Crippen molar-refractivity contribution in [2.24, 2.45) is 0 Å². The molecule has 3 heteroatoms. The van der Waals surface area contributed by atoms with Gasteiger partial charge in [0.1, 0.15) is 0 Å². The fourth-order valence-corrected chi connectivity index (χ4v) is 2.22. The zero-order chi connectivity index (χ0) is 10.7. The first kappa shape index (κ1) is 10.3. The van der Waals surface area contributed by atoms with Crippen LogP contribution in [0.1, 0.15) is 18.4 Å². The van der Waals surface area contributed by atoms with E-state index in [2.05, 4.69) is 11.0 Å². The average molecular weight is 206 g/mol. The summed E-state index contributed by atoms with van der Waals surface area (Å²) in [6.07, 6.45) is 3.07. The van der Waals surface area contributed by atoms with Crippen LogP contribution in [0.3, 0.4) is 0 Å². The number of fused-ring (bicyclic) bond motifs is 1. The molecule has 1 aromatic carbocycles. The van der Waals surface area contributed by atoms with Crippen molar-refractivity contribution >= 4 is 11.4 Å². The highest BCUT2D eigenvalue weighted by Gasteiger charge is 2.17. The largest absolute Gasteiger partial charge is 0.398 e. The van der Waals surface area contributed by atoms with Gasteiger partial charge >= 0.3 is 0 Å². The minimum Gasteiger partial charge on any atom is -0.398 e. The summed E-state index contributed by atoms with van der Waals surface area (Å²) in [4.78, 5) is 2.32. The molecule has 3 N–H and O–H groups in total. The van der Waals surface area contributed by atoms with E-state index in [-0.39, 0.29) is 6.61 Å². The molecule has 0 saturated carbocycles. The number of aliphatic hydroxyl groups excluding tert-OH is 1. The Balaban J connectivity index is 2.22. The number of nitrogens with two attached hydrogens (primary N) is 1. The molecule has 2 rings (SSSR count). The summed E-state index contributed by atoms with van der Waals surface area (Å²) in [5, 5.41) is 8.85. The predicted octanol–water partition coefficient (Wildman–Crippen LogP) is 1.40. The fourth-order valence-electron chi connectivity index (χ4n) is 2.22. The molecule has 0 aliphatic carbocycles. The molecule has 1 aliphatic heterocycles. The third-order valence-electron chi connectivity index (χ3n) is 2.97. The number of hydrogen-bond acceptors (Lipinski definition) is 3. The molecule has 0 spiro atoms. The second kappa shape index (κ2) is 4.53. The van der Waals surface area contributed by atoms with Gasteiger partial charge in [-0.3, -0.25) is 0 Å². The third-order valence-corrected chi connectivity index (χ3v) is 2.97. The summed E-state index contributed by atoms with van der Waals surface area (Å²) in [7, 11) is 0. The fraction of sp³-hybridized carbons (Fsp3) is 0.500. The molecule has 0 fully saturated rings. The van der Waals surface area contributed by atoms with Crippen LogP contribution >= 0.6 is 0 Å². The molecular weight excluding hydrogens is 188 g/mol. The first-order chi connectivity index (χ1) is 7.33. The Morgan fingerprint density at radius 2 is 2.27 bits per heavy atom. The lowest BCUT2D eigenvalue weighted by Gasteiger charge is -2.31. The van der Waals surface area contributed by atoms with Crippen molar-refractivity contribution in [1.29, 1.82) is 0 Å². The van der Waals surface area contributed by atoms with Gasteiger partial charge in [0.05, 0.1) is 0 Å². The molecule has 15 heavy (non-hydrogen) atoms. The second-order valence-electron chi connectivity index (χ2n) is 4.01. The molecule has 3 nitrogen and oxygen atoms in total. The Kier molecular flexibility index (Phi) is 3.11. The van der Waals surface area contributed by atoms with E-state index in [9.17, 15) is 0 Å². The zero-order valence-corrected chi connectivity index (χ0v) is 8.95. The lowest BCUT2D eigenvalue weighted by atomic mass is 10.00. The van der Waals surface area contributed by atoms with Gasteiger partial charge in [0.2, 0.25) is 0 Å². The number of benzene rings is 1. The van der Waals surface area contributed by atoms with E-state index in [0.717, 1.165) is 38.0 Å². The summed E-state index contributed by atoms with van der Waals surface area (Å²) < 4.78 is 0. The maximum atomic E-state index is 8.85. The molecule has 0 amide bonds. The monoisotopic (exact) mass is 206 g/mol. The highest BCUT2D eigenvalue weighted by atomic mass is 16.3. The molecule has 0 aromatic heterocycles. The van der Waals surface area contributed by atoms with Gasteiger partial charge < -0.3 is 15.7 Å². The summed E-state index contributed by atoms with van der Waals surface area (Å²) in [5.74, 6) is 0. The van der Waals surface area contributed by atoms with Crippen LogP contribution in [0, 0.1) is 0 Å². The van der Waals surface area contributed by atoms with Gasteiger partial charge in [0.25, 0.3) is 0 Å². The van der Waals surface area contributed by atoms with E-state index in [1.807, 2.05) is 12.1 Å². The highest BCUT2D eigenvalue weighted by molar-refractivity contribution is 5.66. The molecule has 0 bridgehead atoms. The molecule has 0 atom stereocenters. The maximum Gasteiger partial charge on any atom is 0.0447 e. The first-order valence-corrected chi connectivity index (χ1v) is 5.56. The number of hydrogen-bond donors (Lipinski definition) is 2. The minimum absolute atomic E-state index is 0.258. The summed E-state index contributed by atoms with van der Waals surface area (Å²) in [5.41, 5.74) is 9.40. The van der Waals surface area contributed by atoms with E-state index in [0.29, 0.717) is 0 Å². The van der Waals surface area contributed by atoms with E-state index in [1.54, 1.807) is 0 Å². The normalized spacial score (nSPS) is 15.1. The molecular formula is C12H18N2O. The van der Waals surface area contributed by atoms with Crippen molar-refractivity contribution in [2.75, 3.05) is 30.3 Å². The van der Waals surface area contributed by atoms with Crippen LogP contribution < -0.4 is 10.6 Å². The molecule has 0 radical (unpaired) electrons. The lowest BCUT2D eigenvalue weighted by Crippen LogP contribution is -2.31. The van der Waals surface area contributed by atoms with E-state index in [4.69, 9.17) is 10.8 Å². The molecule has 0 unspecified atom stereocenters. The van der Waals surface area contributed by atoms with Gasteiger partial charge in [0.15, 0.2) is 0 Å². The summed E-state index contributed by atoms with van der Waals surface area (Å²) >= 11 is 0. The van der Waals surface area contributed by atoms with E-state index < -0.39 is 0 Å². The topological polar surface area (TPSA) is 49.5 Å². The van der Waals surface area contributed by atoms with Gasteiger partial charge in [-0.2, -0.15) is 0 Å². The standard InChI is InChI=1S/C12H18N2O/c13-11-5-1-6-12-10(11)4-2-7-14(12)8-3-9-15/h1,5-6,15H,2-4,7-9,13H2. The second-order valence-corrected chi connectivity index (χ2v) is 4.01.